The van der Waals surface area contributed by atoms with E-state index in [0.717, 1.165) is 30.5 Å². The van der Waals surface area contributed by atoms with Crippen molar-refractivity contribution >= 4 is 21.7 Å². The Bertz CT molecular complexity index is 952. The third-order valence-corrected chi connectivity index (χ3v) is 6.31. The number of hydrogen-bond acceptors (Lipinski definition) is 6. The number of alkyl halides is 3. The van der Waals surface area contributed by atoms with Crippen molar-refractivity contribution in [1.29, 1.82) is 0 Å². The van der Waals surface area contributed by atoms with Gasteiger partial charge in [-0.25, -0.2) is 18.2 Å². The van der Waals surface area contributed by atoms with Gasteiger partial charge in [0.1, 0.15) is 21.7 Å². The van der Waals surface area contributed by atoms with Gasteiger partial charge < -0.3 is 10.4 Å². The minimum Gasteiger partial charge on any atom is -0.381 e. The molecule has 1 fully saturated rings. The van der Waals surface area contributed by atoms with Gasteiger partial charge in [-0.15, -0.1) is 0 Å². The van der Waals surface area contributed by atoms with Crippen LogP contribution < -0.4 is 10.7 Å². The van der Waals surface area contributed by atoms with E-state index in [1.165, 1.54) is 6.92 Å². The van der Waals surface area contributed by atoms with Gasteiger partial charge in [0.2, 0.25) is 5.91 Å². The normalized spacial score (nSPS) is 17.0. The van der Waals surface area contributed by atoms with Gasteiger partial charge in [0.05, 0.1) is 11.8 Å². The molecule has 1 aromatic rings. The number of nitrogens with one attached hydrogen (secondary N) is 2. The number of carbonyl (C=O) groups is 2. The number of aliphatic hydroxyl groups excluding tert-OH is 1. The van der Waals surface area contributed by atoms with Gasteiger partial charge >= 0.3 is 6.18 Å². The quantitative estimate of drug-likeness (QED) is 0.292. The van der Waals surface area contributed by atoms with Crippen LogP contribution in [0.5, 0.6) is 0 Å². The van der Waals surface area contributed by atoms with Gasteiger partial charge in [-0.05, 0) is 43.4 Å². The first-order valence-electron chi connectivity index (χ1n) is 10.8. The summed E-state index contributed by atoms with van der Waals surface area (Å²) < 4.78 is 77.8. The number of hydrazine groups is 1. The molecule has 2 amide bonds. The van der Waals surface area contributed by atoms with E-state index in [4.69, 9.17) is 0 Å². The van der Waals surface area contributed by atoms with Gasteiger partial charge in [0.15, 0.2) is 6.10 Å². The fraction of sp³-hybridized carbons (Fsp3) is 0.619. The van der Waals surface area contributed by atoms with E-state index < -0.39 is 63.8 Å². The summed E-state index contributed by atoms with van der Waals surface area (Å²) in [4.78, 5) is 25.3. The topological polar surface area (TPSA) is 116 Å². The molecular weight excluding hydrogens is 482 g/mol. The second-order valence-corrected chi connectivity index (χ2v) is 10.6. The summed E-state index contributed by atoms with van der Waals surface area (Å²) in [7, 11) is -3.42. The molecule has 1 saturated carbocycles. The molecule has 0 aliphatic heterocycles. The Morgan fingerprint density at radius 1 is 1.21 bits per heavy atom. The summed E-state index contributed by atoms with van der Waals surface area (Å²) >= 11 is 0. The molecule has 0 aromatic heterocycles. The fourth-order valence-corrected chi connectivity index (χ4v) is 3.99. The number of aliphatic hydroxyl groups is 1. The van der Waals surface area contributed by atoms with Crippen molar-refractivity contribution in [1.82, 2.24) is 15.8 Å². The lowest BCUT2D eigenvalue weighted by Crippen LogP contribution is -2.59. The predicted octanol–water partition coefficient (Wildman–Crippen LogP) is 2.01. The number of halogens is 4. The highest BCUT2D eigenvalue weighted by Gasteiger charge is 2.45. The third kappa shape index (κ3) is 8.51. The van der Waals surface area contributed by atoms with Gasteiger partial charge in [-0.3, -0.25) is 14.6 Å². The molecule has 3 N–H and O–H groups in total. The minimum absolute atomic E-state index is 0.0853. The van der Waals surface area contributed by atoms with E-state index in [0.29, 0.717) is 17.9 Å². The van der Waals surface area contributed by atoms with E-state index in [2.05, 4.69) is 10.7 Å². The average molecular weight is 512 g/mol. The Morgan fingerprint density at radius 3 is 2.26 bits per heavy atom. The van der Waals surface area contributed by atoms with Crippen LogP contribution in [0.4, 0.5) is 17.6 Å². The highest BCUT2D eigenvalue weighted by molar-refractivity contribution is 7.90. The summed E-state index contributed by atoms with van der Waals surface area (Å²) in [5.74, 6) is -2.87. The van der Waals surface area contributed by atoms with Crippen molar-refractivity contribution < 1.29 is 40.7 Å². The van der Waals surface area contributed by atoms with E-state index in [-0.39, 0.29) is 24.6 Å². The Morgan fingerprint density at radius 2 is 1.79 bits per heavy atom. The maximum Gasteiger partial charge on any atom is 0.409 e. The van der Waals surface area contributed by atoms with E-state index in [9.17, 15) is 40.7 Å². The van der Waals surface area contributed by atoms with Crippen LogP contribution in [0, 0.1) is 5.82 Å². The molecule has 13 heteroatoms. The summed E-state index contributed by atoms with van der Waals surface area (Å²) in [6.07, 6.45) is -5.07. The molecule has 3 atom stereocenters. The first-order valence-corrected chi connectivity index (χ1v) is 12.9. The van der Waals surface area contributed by atoms with Crippen molar-refractivity contribution in [2.24, 2.45) is 0 Å². The SMILES string of the molecule is CC[C@@H]([C@H](O)C(=O)NC1CC1)N(N[C@@H](c1ccc(F)cc1)C(F)(F)F)C(=O)CCCS(C)(=O)=O. The first kappa shape index (κ1) is 28.0. The molecule has 0 spiro atoms. The Hall–Kier alpha value is -2.25. The standard InChI is InChI=1S/C21H29F4N3O5S/c1-3-16(18(30)20(31)26-15-10-11-15)28(17(29)5-4-12-34(2,32)33)27-19(21(23,24)25)13-6-8-14(22)9-7-13/h6-9,15-16,18-19,27,30H,3-5,10-12H2,1-2H3,(H,26,31)/t16-,18-,19-/m0/s1. The van der Waals surface area contributed by atoms with Crippen molar-refractivity contribution in [2.75, 3.05) is 12.0 Å². The van der Waals surface area contributed by atoms with Crippen molar-refractivity contribution in [3.8, 4) is 0 Å². The smallest absolute Gasteiger partial charge is 0.381 e. The summed E-state index contributed by atoms with van der Waals surface area (Å²) in [5, 5.41) is 13.7. The zero-order valence-corrected chi connectivity index (χ0v) is 19.6. The van der Waals surface area contributed by atoms with Crippen LogP contribution >= 0.6 is 0 Å². The Labute approximate surface area is 195 Å². The molecule has 0 radical (unpaired) electrons. The van der Waals surface area contributed by atoms with Crippen LogP contribution in [-0.2, 0) is 19.4 Å². The lowest BCUT2D eigenvalue weighted by molar-refractivity contribution is -0.180. The third-order valence-electron chi connectivity index (χ3n) is 5.28. The molecule has 2 rings (SSSR count). The molecule has 0 heterocycles. The molecule has 1 aromatic carbocycles. The largest absolute Gasteiger partial charge is 0.409 e. The predicted molar refractivity (Wildman–Crippen MR) is 115 cm³/mol. The highest BCUT2D eigenvalue weighted by atomic mass is 32.2. The molecule has 1 aliphatic carbocycles. The number of hydrogen-bond donors (Lipinski definition) is 3. The van der Waals surface area contributed by atoms with Gasteiger partial charge in [-0.2, -0.15) is 13.2 Å². The van der Waals surface area contributed by atoms with Crippen LogP contribution in [0.25, 0.3) is 0 Å². The fourth-order valence-electron chi connectivity index (χ4n) is 3.33. The number of nitrogens with zero attached hydrogens (tertiary/aromatic N) is 1. The average Bonchev–Trinajstić information content (AvgIpc) is 3.53. The van der Waals surface area contributed by atoms with Gasteiger partial charge in [-0.1, -0.05) is 19.1 Å². The number of rotatable bonds is 12. The van der Waals surface area contributed by atoms with Crippen LogP contribution in [0.3, 0.4) is 0 Å². The summed E-state index contributed by atoms with van der Waals surface area (Å²) in [6.45, 7) is 1.48. The summed E-state index contributed by atoms with van der Waals surface area (Å²) in [6, 6.07) is -0.483. The van der Waals surface area contributed by atoms with Crippen LogP contribution in [0.2, 0.25) is 0 Å². The zero-order chi connectivity index (χ0) is 25.7. The monoisotopic (exact) mass is 511 g/mol. The summed E-state index contributed by atoms with van der Waals surface area (Å²) in [5.41, 5.74) is 1.69. The molecule has 0 bridgehead atoms. The number of carbonyl (C=O) groups excluding carboxylic acids is 2. The first-order chi connectivity index (χ1) is 15.7. The second-order valence-electron chi connectivity index (χ2n) is 8.36. The van der Waals surface area contributed by atoms with E-state index in [1.807, 2.05) is 0 Å². The van der Waals surface area contributed by atoms with Crippen molar-refractivity contribution in [3.05, 3.63) is 35.6 Å². The highest BCUT2D eigenvalue weighted by Crippen LogP contribution is 2.34. The molecule has 34 heavy (non-hydrogen) atoms. The molecule has 0 saturated heterocycles. The van der Waals surface area contributed by atoms with Crippen molar-refractivity contribution in [3.63, 3.8) is 0 Å². The number of benzene rings is 1. The van der Waals surface area contributed by atoms with Crippen molar-refractivity contribution in [2.45, 2.75) is 69.4 Å². The maximum absolute atomic E-state index is 13.9. The van der Waals surface area contributed by atoms with Gasteiger partial charge in [0.25, 0.3) is 5.91 Å². The lowest BCUT2D eigenvalue weighted by atomic mass is 10.0. The van der Waals surface area contributed by atoms with Crippen LogP contribution in [0.15, 0.2) is 24.3 Å². The molecule has 192 valence electrons. The Kier molecular flexibility index (Phi) is 9.43. The van der Waals surface area contributed by atoms with Gasteiger partial charge in [0, 0.05) is 18.7 Å². The van der Waals surface area contributed by atoms with E-state index >= 15 is 0 Å². The molecule has 8 nitrogen and oxygen atoms in total. The number of amides is 2. The Balaban J connectivity index is 2.34. The minimum atomic E-state index is -4.93. The molecule has 0 unspecified atom stereocenters. The van der Waals surface area contributed by atoms with Crippen LogP contribution in [-0.4, -0.2) is 66.7 Å². The van der Waals surface area contributed by atoms with E-state index in [1.54, 1.807) is 0 Å². The van der Waals surface area contributed by atoms with Crippen LogP contribution in [0.1, 0.15) is 50.6 Å². The lowest BCUT2D eigenvalue weighted by Gasteiger charge is -2.37. The molecule has 1 aliphatic rings. The number of sulfone groups is 1. The maximum atomic E-state index is 13.9. The second kappa shape index (κ2) is 11.5. The zero-order valence-electron chi connectivity index (χ0n) is 18.8. The molecular formula is C21H29F4N3O5S.